The maximum absolute atomic E-state index is 13.3. The molecule has 0 bridgehead atoms. The lowest BCUT2D eigenvalue weighted by atomic mass is 9.81. The van der Waals surface area contributed by atoms with Crippen molar-refractivity contribution in [2.24, 2.45) is 5.92 Å². The summed E-state index contributed by atoms with van der Waals surface area (Å²) in [6.07, 6.45) is 2.56. The molecule has 5 rings (SSSR count). The van der Waals surface area contributed by atoms with E-state index in [1.165, 1.54) is 11.1 Å². The smallest absolute Gasteiger partial charge is 0.157 e. The minimum Gasteiger partial charge on any atom is -0.497 e. The first-order chi connectivity index (χ1) is 15.7. The van der Waals surface area contributed by atoms with Gasteiger partial charge in [0.2, 0.25) is 0 Å². The van der Waals surface area contributed by atoms with Gasteiger partial charge in [0.05, 0.1) is 18.5 Å². The Bertz CT molecular complexity index is 1230. The van der Waals surface area contributed by atoms with E-state index in [9.17, 15) is 4.79 Å². The lowest BCUT2D eigenvalue weighted by Gasteiger charge is -2.24. The molecule has 4 nitrogen and oxygen atoms in total. The summed E-state index contributed by atoms with van der Waals surface area (Å²) in [7, 11) is 1.69. The largest absolute Gasteiger partial charge is 0.497 e. The van der Waals surface area contributed by atoms with Gasteiger partial charge in [-0.15, -0.1) is 0 Å². The Morgan fingerprint density at radius 1 is 0.938 bits per heavy atom. The Kier molecular flexibility index (Phi) is 5.59. The van der Waals surface area contributed by atoms with E-state index < -0.39 is 0 Å². The maximum atomic E-state index is 13.3. The molecule has 0 saturated carbocycles. The fraction of sp³-hybridized carbons (Fsp3) is 0.214. The van der Waals surface area contributed by atoms with Crippen molar-refractivity contribution in [3.8, 4) is 28.3 Å². The predicted molar refractivity (Wildman–Crippen MR) is 127 cm³/mol. The van der Waals surface area contributed by atoms with Crippen LogP contribution in [0.1, 0.15) is 17.5 Å². The number of rotatable bonds is 6. The SMILES string of the molecule is COc1ccc2c(c1)CCC(C(=O)Cn1nc(-c3ccccc3)cc1-c1ccccc1)C2. The van der Waals surface area contributed by atoms with Crippen LogP contribution in [-0.4, -0.2) is 22.7 Å². The quantitative estimate of drug-likeness (QED) is 0.406. The Balaban J connectivity index is 1.41. The van der Waals surface area contributed by atoms with Crippen LogP contribution < -0.4 is 4.74 Å². The summed E-state index contributed by atoms with van der Waals surface area (Å²) in [5.74, 6) is 1.14. The summed E-state index contributed by atoms with van der Waals surface area (Å²) in [4.78, 5) is 13.3. The van der Waals surface area contributed by atoms with Crippen molar-refractivity contribution in [1.82, 2.24) is 9.78 Å². The number of fused-ring (bicyclic) bond motifs is 1. The Morgan fingerprint density at radius 2 is 1.66 bits per heavy atom. The molecule has 1 atom stereocenters. The molecule has 0 aliphatic heterocycles. The third kappa shape index (κ3) is 4.09. The van der Waals surface area contributed by atoms with Crippen LogP contribution in [0.2, 0.25) is 0 Å². The minimum absolute atomic E-state index is 0.0175. The topological polar surface area (TPSA) is 44.1 Å². The van der Waals surface area contributed by atoms with Crippen molar-refractivity contribution >= 4 is 5.78 Å². The summed E-state index contributed by atoms with van der Waals surface area (Å²) in [6, 6.07) is 28.6. The third-order valence-corrected chi connectivity index (χ3v) is 6.32. The number of methoxy groups -OCH3 is 1. The van der Waals surface area contributed by atoms with Crippen molar-refractivity contribution in [1.29, 1.82) is 0 Å². The van der Waals surface area contributed by atoms with Crippen molar-refractivity contribution in [3.05, 3.63) is 96.1 Å². The number of carbonyl (C=O) groups excluding carboxylic acids is 1. The molecule has 0 spiro atoms. The number of aromatic nitrogens is 2. The molecule has 0 amide bonds. The number of nitrogens with zero attached hydrogens (tertiary/aromatic N) is 2. The van der Waals surface area contributed by atoms with Gasteiger partial charge in [-0.05, 0) is 54.2 Å². The van der Waals surface area contributed by atoms with E-state index in [2.05, 4.69) is 42.5 Å². The molecule has 1 aromatic heterocycles. The van der Waals surface area contributed by atoms with Gasteiger partial charge in [0.15, 0.2) is 5.78 Å². The molecular formula is C28H26N2O2. The molecule has 0 N–H and O–H groups in total. The number of aryl methyl sites for hydroxylation is 1. The normalized spacial score (nSPS) is 15.2. The zero-order valence-electron chi connectivity index (χ0n) is 18.2. The lowest BCUT2D eigenvalue weighted by molar-refractivity contribution is -0.123. The number of hydrogen-bond donors (Lipinski definition) is 0. The Morgan fingerprint density at radius 3 is 2.38 bits per heavy atom. The average Bonchev–Trinajstić information content (AvgIpc) is 3.28. The highest BCUT2D eigenvalue weighted by Gasteiger charge is 2.26. The van der Waals surface area contributed by atoms with E-state index in [4.69, 9.17) is 9.84 Å². The van der Waals surface area contributed by atoms with Crippen molar-refractivity contribution in [2.75, 3.05) is 7.11 Å². The molecule has 0 radical (unpaired) electrons. The van der Waals surface area contributed by atoms with Crippen LogP contribution in [0.3, 0.4) is 0 Å². The summed E-state index contributed by atoms with van der Waals surface area (Å²) in [6.45, 7) is 0.285. The average molecular weight is 423 g/mol. The second-order valence-electron chi connectivity index (χ2n) is 8.35. The third-order valence-electron chi connectivity index (χ3n) is 6.32. The molecular weight excluding hydrogens is 396 g/mol. The van der Waals surface area contributed by atoms with E-state index in [-0.39, 0.29) is 18.2 Å². The van der Waals surface area contributed by atoms with Gasteiger partial charge in [0, 0.05) is 11.5 Å². The predicted octanol–water partition coefficient (Wildman–Crippen LogP) is 5.60. The van der Waals surface area contributed by atoms with Gasteiger partial charge in [-0.2, -0.15) is 5.10 Å². The fourth-order valence-electron chi connectivity index (χ4n) is 4.54. The highest BCUT2D eigenvalue weighted by molar-refractivity contribution is 5.82. The monoisotopic (exact) mass is 422 g/mol. The molecule has 0 fully saturated rings. The van der Waals surface area contributed by atoms with E-state index in [0.717, 1.165) is 47.5 Å². The molecule has 32 heavy (non-hydrogen) atoms. The molecule has 160 valence electrons. The minimum atomic E-state index is 0.0175. The molecule has 1 heterocycles. The van der Waals surface area contributed by atoms with E-state index >= 15 is 0 Å². The lowest BCUT2D eigenvalue weighted by Crippen LogP contribution is -2.26. The van der Waals surface area contributed by atoms with Crippen LogP contribution in [0.5, 0.6) is 5.75 Å². The summed E-state index contributed by atoms with van der Waals surface area (Å²) >= 11 is 0. The number of ether oxygens (including phenoxy) is 1. The van der Waals surface area contributed by atoms with Crippen molar-refractivity contribution in [3.63, 3.8) is 0 Å². The molecule has 1 aliphatic carbocycles. The van der Waals surface area contributed by atoms with E-state index in [1.807, 2.05) is 47.1 Å². The number of hydrogen-bond acceptors (Lipinski definition) is 3. The van der Waals surface area contributed by atoms with Crippen LogP contribution in [0, 0.1) is 5.92 Å². The first-order valence-electron chi connectivity index (χ1n) is 11.1. The molecule has 1 aliphatic rings. The molecule has 4 aromatic rings. The first kappa shape index (κ1) is 20.3. The van der Waals surface area contributed by atoms with E-state index in [1.54, 1.807) is 7.11 Å². The van der Waals surface area contributed by atoms with Gasteiger partial charge in [0.25, 0.3) is 0 Å². The van der Waals surface area contributed by atoms with Crippen molar-refractivity contribution < 1.29 is 9.53 Å². The second-order valence-corrected chi connectivity index (χ2v) is 8.35. The summed E-state index contributed by atoms with van der Waals surface area (Å²) < 4.78 is 7.23. The molecule has 1 unspecified atom stereocenters. The first-order valence-corrected chi connectivity index (χ1v) is 11.1. The Hall–Kier alpha value is -3.66. The van der Waals surface area contributed by atoms with E-state index in [0.29, 0.717) is 0 Å². The second kappa shape index (κ2) is 8.83. The van der Waals surface area contributed by atoms with Gasteiger partial charge in [-0.1, -0.05) is 66.7 Å². The standard InChI is InChI=1S/C28H26N2O2/c1-32-25-15-14-22-16-24(13-12-23(22)17-25)28(31)19-30-27(21-10-6-3-7-11-21)18-26(29-30)20-8-4-2-5-9-20/h2-11,14-15,17-18,24H,12-13,16,19H2,1H3. The number of Topliss-reactive ketones (excluding diaryl/α,β-unsaturated/α-hetero) is 1. The highest BCUT2D eigenvalue weighted by Crippen LogP contribution is 2.31. The number of ketones is 1. The summed E-state index contributed by atoms with van der Waals surface area (Å²) in [5, 5.41) is 4.84. The van der Waals surface area contributed by atoms with Crippen LogP contribution in [-0.2, 0) is 24.2 Å². The molecule has 3 aromatic carbocycles. The van der Waals surface area contributed by atoms with Crippen LogP contribution in [0.4, 0.5) is 0 Å². The fourth-order valence-corrected chi connectivity index (χ4v) is 4.54. The van der Waals surface area contributed by atoms with Gasteiger partial charge >= 0.3 is 0 Å². The van der Waals surface area contributed by atoms with Crippen molar-refractivity contribution in [2.45, 2.75) is 25.8 Å². The van der Waals surface area contributed by atoms with Gasteiger partial charge in [-0.25, -0.2) is 0 Å². The summed E-state index contributed by atoms with van der Waals surface area (Å²) in [5.41, 5.74) is 6.53. The van der Waals surface area contributed by atoms with Gasteiger partial charge in [0.1, 0.15) is 12.3 Å². The Labute approximate surface area is 188 Å². The zero-order chi connectivity index (χ0) is 21.9. The molecule has 4 heteroatoms. The number of carbonyl (C=O) groups is 1. The molecule has 0 saturated heterocycles. The van der Waals surface area contributed by atoms with Crippen LogP contribution >= 0.6 is 0 Å². The highest BCUT2D eigenvalue weighted by atomic mass is 16.5. The van der Waals surface area contributed by atoms with Gasteiger partial charge in [-0.3, -0.25) is 9.48 Å². The number of benzene rings is 3. The zero-order valence-corrected chi connectivity index (χ0v) is 18.2. The van der Waals surface area contributed by atoms with Gasteiger partial charge < -0.3 is 4.74 Å². The van der Waals surface area contributed by atoms with Crippen LogP contribution in [0.15, 0.2) is 84.9 Å². The maximum Gasteiger partial charge on any atom is 0.157 e. The van der Waals surface area contributed by atoms with Crippen LogP contribution in [0.25, 0.3) is 22.5 Å².